The highest BCUT2D eigenvalue weighted by atomic mass is 79.9. The van der Waals surface area contributed by atoms with Crippen LogP contribution < -0.4 is 10.6 Å². The van der Waals surface area contributed by atoms with E-state index in [-0.39, 0.29) is 18.4 Å². The Morgan fingerprint density at radius 1 is 1.04 bits per heavy atom. The van der Waals surface area contributed by atoms with Crippen molar-refractivity contribution in [2.45, 2.75) is 25.7 Å². The number of fused-ring (bicyclic) bond motifs is 3. The molecule has 2 aromatic carbocycles. The summed E-state index contributed by atoms with van der Waals surface area (Å²) in [5.41, 5.74) is 4.72. The molecule has 0 unspecified atom stereocenters. The number of carbonyl (C=O) groups excluding carboxylic acids is 2. The minimum Gasteiger partial charge on any atom is -0.358 e. The van der Waals surface area contributed by atoms with E-state index < -0.39 is 0 Å². The Morgan fingerprint density at radius 3 is 2.63 bits per heavy atom. The van der Waals surface area contributed by atoms with E-state index >= 15 is 0 Å². The quantitative estimate of drug-likeness (QED) is 0.586. The van der Waals surface area contributed by atoms with Gasteiger partial charge >= 0.3 is 0 Å². The third-order valence-electron chi connectivity index (χ3n) is 4.92. The summed E-state index contributed by atoms with van der Waals surface area (Å²) in [5.74, 6) is -0.506. The van der Waals surface area contributed by atoms with Crippen LogP contribution in [0.4, 0.5) is 5.69 Å². The van der Waals surface area contributed by atoms with Crippen molar-refractivity contribution in [2.24, 2.45) is 0 Å². The minimum atomic E-state index is -0.261. The van der Waals surface area contributed by atoms with Crippen molar-refractivity contribution in [3.63, 3.8) is 0 Å². The van der Waals surface area contributed by atoms with Gasteiger partial charge in [0.05, 0.1) is 17.6 Å². The van der Waals surface area contributed by atoms with Gasteiger partial charge in [0.1, 0.15) is 0 Å². The molecule has 1 heterocycles. The zero-order chi connectivity index (χ0) is 18.8. The fourth-order valence-electron chi connectivity index (χ4n) is 3.61. The first-order valence-corrected chi connectivity index (χ1v) is 9.87. The Labute approximate surface area is 165 Å². The molecule has 1 aliphatic carbocycles. The van der Waals surface area contributed by atoms with E-state index in [4.69, 9.17) is 0 Å². The van der Waals surface area contributed by atoms with Gasteiger partial charge in [-0.15, -0.1) is 0 Å². The van der Waals surface area contributed by atoms with Crippen molar-refractivity contribution in [3.05, 3.63) is 63.8 Å². The van der Waals surface area contributed by atoms with Gasteiger partial charge in [0.2, 0.25) is 5.91 Å². The van der Waals surface area contributed by atoms with Crippen molar-refractivity contribution in [3.8, 4) is 0 Å². The molecular formula is C21H20BrN3O2. The lowest BCUT2D eigenvalue weighted by molar-refractivity contribution is -0.115. The van der Waals surface area contributed by atoms with Crippen LogP contribution in [0.25, 0.3) is 10.9 Å². The van der Waals surface area contributed by atoms with E-state index in [1.807, 2.05) is 18.2 Å². The Bertz CT molecular complexity index is 1010. The van der Waals surface area contributed by atoms with E-state index in [0.717, 1.165) is 28.2 Å². The van der Waals surface area contributed by atoms with E-state index in [1.54, 1.807) is 18.2 Å². The number of para-hydroxylation sites is 1. The van der Waals surface area contributed by atoms with Gasteiger partial charge in [-0.3, -0.25) is 9.59 Å². The number of rotatable bonds is 4. The summed E-state index contributed by atoms with van der Waals surface area (Å²) < 4.78 is 0.940. The SMILES string of the molecule is O=C(CNC(=O)c1cccc2c3c([nH]c12)CCCC3)Nc1ccc(Br)cc1. The average molecular weight is 426 g/mol. The number of halogens is 1. The molecule has 0 radical (unpaired) electrons. The summed E-state index contributed by atoms with van der Waals surface area (Å²) in [7, 11) is 0. The van der Waals surface area contributed by atoms with Gasteiger partial charge in [-0.05, 0) is 61.6 Å². The molecule has 4 rings (SSSR count). The minimum absolute atomic E-state index is 0.0777. The number of aryl methyl sites for hydroxylation is 2. The van der Waals surface area contributed by atoms with Crippen LogP contribution in [0.15, 0.2) is 46.9 Å². The molecule has 27 heavy (non-hydrogen) atoms. The molecule has 0 fully saturated rings. The van der Waals surface area contributed by atoms with E-state index in [1.165, 1.54) is 24.1 Å². The number of nitrogens with one attached hydrogen (secondary N) is 3. The molecular weight excluding hydrogens is 406 g/mol. The number of benzene rings is 2. The maximum Gasteiger partial charge on any atom is 0.253 e. The topological polar surface area (TPSA) is 74.0 Å². The van der Waals surface area contributed by atoms with E-state index in [9.17, 15) is 9.59 Å². The van der Waals surface area contributed by atoms with Crippen LogP contribution in [0.5, 0.6) is 0 Å². The Hall–Kier alpha value is -2.60. The Balaban J connectivity index is 1.46. The highest BCUT2D eigenvalue weighted by Gasteiger charge is 2.19. The molecule has 1 aromatic heterocycles. The lowest BCUT2D eigenvalue weighted by Gasteiger charge is -2.10. The summed E-state index contributed by atoms with van der Waals surface area (Å²) in [6.07, 6.45) is 4.45. The second-order valence-electron chi connectivity index (χ2n) is 6.76. The van der Waals surface area contributed by atoms with E-state index in [0.29, 0.717) is 11.3 Å². The average Bonchev–Trinajstić information content (AvgIpc) is 3.07. The predicted octanol–water partition coefficient (Wildman–Crippen LogP) is 4.18. The second-order valence-corrected chi connectivity index (χ2v) is 7.67. The molecule has 0 aliphatic heterocycles. The number of amides is 2. The normalized spacial score (nSPS) is 13.2. The Kier molecular flexibility index (Phi) is 4.99. The van der Waals surface area contributed by atoms with Crippen molar-refractivity contribution in [1.82, 2.24) is 10.3 Å². The van der Waals surface area contributed by atoms with Crippen LogP contribution in [0.2, 0.25) is 0 Å². The van der Waals surface area contributed by atoms with Crippen LogP contribution in [0.1, 0.15) is 34.5 Å². The lowest BCUT2D eigenvalue weighted by Crippen LogP contribution is -2.33. The van der Waals surface area contributed by atoms with Gasteiger partial charge in [0.25, 0.3) is 5.91 Å². The molecule has 6 heteroatoms. The number of hydrogen-bond donors (Lipinski definition) is 3. The molecule has 0 saturated carbocycles. The highest BCUT2D eigenvalue weighted by molar-refractivity contribution is 9.10. The zero-order valence-corrected chi connectivity index (χ0v) is 16.4. The summed E-state index contributed by atoms with van der Waals surface area (Å²) in [5, 5.41) is 6.62. The number of carbonyl (C=O) groups is 2. The van der Waals surface area contributed by atoms with Crippen LogP contribution in [0, 0.1) is 0 Å². The molecule has 0 spiro atoms. The van der Waals surface area contributed by atoms with Gasteiger partial charge in [-0.25, -0.2) is 0 Å². The summed E-state index contributed by atoms with van der Waals surface area (Å²) in [6.45, 7) is -0.0777. The number of hydrogen-bond acceptors (Lipinski definition) is 2. The number of anilines is 1. The molecule has 3 aromatic rings. The third kappa shape index (κ3) is 3.76. The van der Waals surface area contributed by atoms with Crippen LogP contribution in [0.3, 0.4) is 0 Å². The molecule has 0 bridgehead atoms. The summed E-state index contributed by atoms with van der Waals surface area (Å²) >= 11 is 3.36. The van der Waals surface area contributed by atoms with Crippen LogP contribution in [-0.2, 0) is 17.6 Å². The lowest BCUT2D eigenvalue weighted by atomic mass is 9.95. The predicted molar refractivity (Wildman–Crippen MR) is 110 cm³/mol. The standard InChI is InChI=1S/C21H20BrN3O2/c22-13-8-10-14(11-9-13)24-19(26)12-23-21(27)17-6-3-5-16-15-4-1-2-7-18(15)25-20(16)17/h3,5-6,8-11,25H,1-2,4,7,12H2,(H,23,27)(H,24,26). The molecule has 1 aliphatic rings. The van der Waals surface area contributed by atoms with E-state index in [2.05, 4.69) is 37.6 Å². The summed E-state index contributed by atoms with van der Waals surface area (Å²) in [4.78, 5) is 28.2. The first-order valence-electron chi connectivity index (χ1n) is 9.08. The van der Waals surface area contributed by atoms with Crippen molar-refractivity contribution in [1.29, 1.82) is 0 Å². The Morgan fingerprint density at radius 2 is 1.81 bits per heavy atom. The molecule has 2 amide bonds. The maximum absolute atomic E-state index is 12.7. The van der Waals surface area contributed by atoms with Crippen LogP contribution in [-0.4, -0.2) is 23.3 Å². The molecule has 5 nitrogen and oxygen atoms in total. The first kappa shape index (κ1) is 17.8. The van der Waals surface area contributed by atoms with Gasteiger partial charge < -0.3 is 15.6 Å². The van der Waals surface area contributed by atoms with Gasteiger partial charge in [-0.1, -0.05) is 28.1 Å². The molecule has 138 valence electrons. The highest BCUT2D eigenvalue weighted by Crippen LogP contribution is 2.30. The monoisotopic (exact) mass is 425 g/mol. The smallest absolute Gasteiger partial charge is 0.253 e. The van der Waals surface area contributed by atoms with Gasteiger partial charge in [0, 0.05) is 21.2 Å². The third-order valence-corrected chi connectivity index (χ3v) is 5.44. The largest absolute Gasteiger partial charge is 0.358 e. The van der Waals surface area contributed by atoms with Gasteiger partial charge in [0.15, 0.2) is 0 Å². The number of aromatic nitrogens is 1. The molecule has 3 N–H and O–H groups in total. The summed E-state index contributed by atoms with van der Waals surface area (Å²) in [6, 6.07) is 13.1. The van der Waals surface area contributed by atoms with Crippen molar-refractivity contribution in [2.75, 3.05) is 11.9 Å². The second kappa shape index (κ2) is 7.56. The number of H-pyrrole nitrogens is 1. The zero-order valence-electron chi connectivity index (χ0n) is 14.8. The number of aromatic amines is 1. The fourth-order valence-corrected chi connectivity index (χ4v) is 3.88. The van der Waals surface area contributed by atoms with Crippen molar-refractivity contribution >= 4 is 44.3 Å². The molecule has 0 saturated heterocycles. The van der Waals surface area contributed by atoms with Crippen LogP contribution >= 0.6 is 15.9 Å². The maximum atomic E-state index is 12.7. The molecule has 0 atom stereocenters. The first-order chi connectivity index (χ1) is 13.1. The fraction of sp³-hybridized carbons (Fsp3) is 0.238. The van der Waals surface area contributed by atoms with Crippen molar-refractivity contribution < 1.29 is 9.59 Å². The van der Waals surface area contributed by atoms with Gasteiger partial charge in [-0.2, -0.15) is 0 Å².